The second-order valence-corrected chi connectivity index (χ2v) is 6.66. The molecule has 0 spiro atoms. The minimum Gasteiger partial charge on any atom is -0.388 e. The van der Waals surface area contributed by atoms with E-state index in [1.165, 1.54) is 7.11 Å². The van der Waals surface area contributed by atoms with E-state index in [-0.39, 0.29) is 18.8 Å². The van der Waals surface area contributed by atoms with Crippen molar-refractivity contribution in [1.82, 2.24) is 0 Å². The summed E-state index contributed by atoms with van der Waals surface area (Å²) in [6.45, 7) is 7.47. The van der Waals surface area contributed by atoms with Crippen LogP contribution in [0.3, 0.4) is 0 Å². The van der Waals surface area contributed by atoms with Crippen molar-refractivity contribution in [2.24, 2.45) is 0 Å². The molecule has 0 aromatic carbocycles. The molecule has 3 fully saturated rings. The Morgan fingerprint density at radius 2 is 1.52 bits per heavy atom. The average molecular weight is 304 g/mol. The number of aliphatic hydroxyl groups excluding tert-OH is 1. The lowest BCUT2D eigenvalue weighted by Crippen LogP contribution is -2.59. The van der Waals surface area contributed by atoms with Gasteiger partial charge in [-0.25, -0.2) is 0 Å². The summed E-state index contributed by atoms with van der Waals surface area (Å²) in [6, 6.07) is 0. The number of hydrogen-bond donors (Lipinski definition) is 1. The zero-order valence-electron chi connectivity index (χ0n) is 13.1. The zero-order valence-corrected chi connectivity index (χ0v) is 13.1. The standard InChI is InChI=1S/C14H24O7/c1-13(2)18-9-8(7(15)6-16-5)17-12-11(10(9)19-13)20-14(3,4)21-12/h7-12,15H,6H2,1-5H3/t7-,8-,9+,10+,11-,12-/m1/s1. The van der Waals surface area contributed by atoms with Gasteiger partial charge in [-0.2, -0.15) is 0 Å². The summed E-state index contributed by atoms with van der Waals surface area (Å²) >= 11 is 0. The van der Waals surface area contributed by atoms with Crippen molar-refractivity contribution >= 4 is 0 Å². The number of hydrogen-bond acceptors (Lipinski definition) is 7. The molecule has 21 heavy (non-hydrogen) atoms. The summed E-state index contributed by atoms with van der Waals surface area (Å²) in [7, 11) is 1.53. The molecule has 0 aliphatic carbocycles. The fraction of sp³-hybridized carbons (Fsp3) is 1.00. The highest BCUT2D eigenvalue weighted by atomic mass is 16.9. The van der Waals surface area contributed by atoms with Gasteiger partial charge < -0.3 is 33.5 Å². The SMILES string of the molecule is COC[C@@H](O)[C@H]1O[C@@H]2OC(C)(C)O[C@@H]2[C@H]2OC(C)(C)O[C@H]21. The summed E-state index contributed by atoms with van der Waals surface area (Å²) < 4.78 is 34.4. The van der Waals surface area contributed by atoms with Crippen molar-refractivity contribution in [2.45, 2.75) is 76.1 Å². The quantitative estimate of drug-likeness (QED) is 0.808. The van der Waals surface area contributed by atoms with Gasteiger partial charge in [0.05, 0.1) is 6.61 Å². The molecule has 0 bridgehead atoms. The van der Waals surface area contributed by atoms with Gasteiger partial charge in [0.2, 0.25) is 0 Å². The Morgan fingerprint density at radius 3 is 2.19 bits per heavy atom. The van der Waals surface area contributed by atoms with Gasteiger partial charge >= 0.3 is 0 Å². The molecule has 0 amide bonds. The summed E-state index contributed by atoms with van der Waals surface area (Å²) in [4.78, 5) is 0. The van der Waals surface area contributed by atoms with E-state index in [0.29, 0.717) is 0 Å². The Hall–Kier alpha value is -0.280. The lowest BCUT2D eigenvalue weighted by atomic mass is 9.96. The molecule has 6 atom stereocenters. The highest BCUT2D eigenvalue weighted by Gasteiger charge is 2.61. The molecule has 0 radical (unpaired) electrons. The van der Waals surface area contributed by atoms with E-state index >= 15 is 0 Å². The number of rotatable bonds is 3. The molecular formula is C14H24O7. The smallest absolute Gasteiger partial charge is 0.190 e. The maximum Gasteiger partial charge on any atom is 0.190 e. The Balaban J connectivity index is 1.85. The van der Waals surface area contributed by atoms with Crippen LogP contribution < -0.4 is 0 Å². The first-order chi connectivity index (χ1) is 9.72. The molecular weight excluding hydrogens is 280 g/mol. The monoisotopic (exact) mass is 304 g/mol. The third kappa shape index (κ3) is 2.84. The van der Waals surface area contributed by atoms with Gasteiger partial charge in [-0.05, 0) is 27.7 Å². The fourth-order valence-corrected chi connectivity index (χ4v) is 3.22. The minimum absolute atomic E-state index is 0.152. The lowest BCUT2D eigenvalue weighted by molar-refractivity contribution is -0.255. The van der Waals surface area contributed by atoms with Crippen LogP contribution in [0.5, 0.6) is 0 Å². The van der Waals surface area contributed by atoms with Crippen LogP contribution in [0.4, 0.5) is 0 Å². The van der Waals surface area contributed by atoms with Crippen LogP contribution in [0.25, 0.3) is 0 Å². The first-order valence-corrected chi connectivity index (χ1v) is 7.26. The van der Waals surface area contributed by atoms with Crippen LogP contribution >= 0.6 is 0 Å². The van der Waals surface area contributed by atoms with Crippen molar-refractivity contribution in [3.63, 3.8) is 0 Å². The predicted molar refractivity (Wildman–Crippen MR) is 70.4 cm³/mol. The van der Waals surface area contributed by atoms with E-state index in [1.807, 2.05) is 27.7 Å². The van der Waals surface area contributed by atoms with Crippen molar-refractivity contribution in [1.29, 1.82) is 0 Å². The highest BCUT2D eigenvalue weighted by molar-refractivity contribution is 5.01. The van der Waals surface area contributed by atoms with Crippen molar-refractivity contribution in [3.8, 4) is 0 Å². The Morgan fingerprint density at radius 1 is 0.952 bits per heavy atom. The molecule has 0 aromatic heterocycles. The molecule has 3 rings (SSSR count). The topological polar surface area (TPSA) is 75.6 Å². The molecule has 7 heteroatoms. The zero-order chi connectivity index (χ0) is 15.4. The van der Waals surface area contributed by atoms with Gasteiger partial charge in [0, 0.05) is 7.11 Å². The number of aliphatic hydroxyl groups is 1. The molecule has 3 heterocycles. The second kappa shape index (κ2) is 5.13. The van der Waals surface area contributed by atoms with E-state index in [0.717, 1.165) is 0 Å². The van der Waals surface area contributed by atoms with E-state index < -0.39 is 36.2 Å². The molecule has 3 saturated heterocycles. The number of methoxy groups -OCH3 is 1. The first-order valence-electron chi connectivity index (χ1n) is 7.26. The maximum absolute atomic E-state index is 10.3. The van der Waals surface area contributed by atoms with E-state index in [9.17, 15) is 5.11 Å². The lowest BCUT2D eigenvalue weighted by Gasteiger charge is -2.39. The minimum atomic E-state index is -0.826. The fourth-order valence-electron chi connectivity index (χ4n) is 3.22. The van der Waals surface area contributed by atoms with Gasteiger partial charge in [0.1, 0.15) is 30.5 Å². The van der Waals surface area contributed by atoms with Gasteiger partial charge in [-0.1, -0.05) is 0 Å². The van der Waals surface area contributed by atoms with E-state index in [1.54, 1.807) is 0 Å². The van der Waals surface area contributed by atoms with E-state index in [2.05, 4.69) is 0 Å². The van der Waals surface area contributed by atoms with Crippen LogP contribution in [-0.2, 0) is 28.4 Å². The van der Waals surface area contributed by atoms with Crippen molar-refractivity contribution in [3.05, 3.63) is 0 Å². The van der Waals surface area contributed by atoms with Crippen LogP contribution in [0.15, 0.2) is 0 Å². The van der Waals surface area contributed by atoms with Crippen molar-refractivity contribution in [2.75, 3.05) is 13.7 Å². The van der Waals surface area contributed by atoms with Gasteiger partial charge in [0.25, 0.3) is 0 Å². The molecule has 3 aliphatic heterocycles. The predicted octanol–water partition coefficient (Wildman–Crippen LogP) is 0.390. The summed E-state index contributed by atoms with van der Waals surface area (Å²) in [5.74, 6) is -1.51. The van der Waals surface area contributed by atoms with Gasteiger partial charge in [0.15, 0.2) is 17.9 Å². The Bertz CT molecular complexity index is 397. The molecule has 0 saturated carbocycles. The first kappa shape index (κ1) is 15.6. The molecule has 0 unspecified atom stereocenters. The highest BCUT2D eigenvalue weighted by Crippen LogP contribution is 2.44. The Kier molecular flexibility index (Phi) is 3.81. The molecule has 122 valence electrons. The van der Waals surface area contributed by atoms with E-state index in [4.69, 9.17) is 28.4 Å². The molecule has 7 nitrogen and oxygen atoms in total. The van der Waals surface area contributed by atoms with Crippen LogP contribution in [0.1, 0.15) is 27.7 Å². The number of ether oxygens (including phenoxy) is 6. The number of fused-ring (bicyclic) bond motifs is 3. The third-order valence-electron chi connectivity index (χ3n) is 3.91. The van der Waals surface area contributed by atoms with Crippen LogP contribution in [-0.4, -0.2) is 67.2 Å². The molecule has 3 aliphatic rings. The van der Waals surface area contributed by atoms with Crippen molar-refractivity contribution < 1.29 is 33.5 Å². The normalized spacial score (nSPS) is 45.1. The second-order valence-electron chi connectivity index (χ2n) is 6.66. The molecule has 1 N–H and O–H groups in total. The van der Waals surface area contributed by atoms with Crippen LogP contribution in [0, 0.1) is 0 Å². The third-order valence-corrected chi connectivity index (χ3v) is 3.91. The maximum atomic E-state index is 10.3. The average Bonchev–Trinajstić information content (AvgIpc) is 2.82. The van der Waals surface area contributed by atoms with Gasteiger partial charge in [-0.3, -0.25) is 0 Å². The Labute approximate surface area is 124 Å². The summed E-state index contributed by atoms with van der Waals surface area (Å²) in [6.07, 6.45) is -3.15. The largest absolute Gasteiger partial charge is 0.388 e. The van der Waals surface area contributed by atoms with Gasteiger partial charge in [-0.15, -0.1) is 0 Å². The summed E-state index contributed by atoms with van der Waals surface area (Å²) in [5.41, 5.74) is 0. The van der Waals surface area contributed by atoms with Crippen LogP contribution in [0.2, 0.25) is 0 Å². The molecule has 0 aromatic rings. The summed E-state index contributed by atoms with van der Waals surface area (Å²) in [5, 5.41) is 10.3.